The van der Waals surface area contributed by atoms with Gasteiger partial charge in [0.1, 0.15) is 5.75 Å². The maximum Gasteiger partial charge on any atom is 0.120 e. The molecule has 0 atom stereocenters. The minimum absolute atomic E-state index is 0.916. The number of hydrogen-bond donors (Lipinski definition) is 0. The van der Waals surface area contributed by atoms with Gasteiger partial charge in [0, 0.05) is 9.58 Å². The van der Waals surface area contributed by atoms with Crippen molar-refractivity contribution >= 4 is 21.4 Å². The highest BCUT2D eigenvalue weighted by molar-refractivity contribution is 7.22. The third-order valence-electron chi connectivity index (χ3n) is 2.79. The van der Waals surface area contributed by atoms with Crippen molar-refractivity contribution in [3.05, 3.63) is 54.6 Å². The lowest BCUT2D eigenvalue weighted by Crippen LogP contribution is -1.79. The largest absolute Gasteiger partial charge is 0.497 e. The molecule has 1 heterocycles. The molecular formula is C15H12OS. The van der Waals surface area contributed by atoms with Crippen LogP contribution in [-0.2, 0) is 0 Å². The second-order valence-electron chi connectivity index (χ2n) is 3.88. The molecule has 3 rings (SSSR count). The van der Waals surface area contributed by atoms with E-state index in [4.69, 9.17) is 4.74 Å². The van der Waals surface area contributed by atoms with Crippen molar-refractivity contribution in [3.8, 4) is 16.2 Å². The average molecular weight is 240 g/mol. The maximum absolute atomic E-state index is 5.24. The van der Waals surface area contributed by atoms with Gasteiger partial charge in [0.25, 0.3) is 0 Å². The van der Waals surface area contributed by atoms with Gasteiger partial charge in [-0.1, -0.05) is 30.3 Å². The first-order valence-electron chi connectivity index (χ1n) is 5.50. The second-order valence-corrected chi connectivity index (χ2v) is 4.96. The number of benzene rings is 2. The Labute approximate surface area is 104 Å². The molecule has 0 aliphatic carbocycles. The van der Waals surface area contributed by atoms with E-state index in [2.05, 4.69) is 42.5 Å². The number of hydrogen-bond acceptors (Lipinski definition) is 2. The Morgan fingerprint density at radius 1 is 0.941 bits per heavy atom. The van der Waals surface area contributed by atoms with Crippen LogP contribution in [0.25, 0.3) is 20.5 Å². The summed E-state index contributed by atoms with van der Waals surface area (Å²) in [5.74, 6) is 0.916. The van der Waals surface area contributed by atoms with E-state index < -0.39 is 0 Å². The number of methoxy groups -OCH3 is 1. The van der Waals surface area contributed by atoms with E-state index in [-0.39, 0.29) is 0 Å². The van der Waals surface area contributed by atoms with E-state index in [1.54, 1.807) is 18.4 Å². The molecule has 0 bridgehead atoms. The van der Waals surface area contributed by atoms with Crippen LogP contribution in [0.2, 0.25) is 0 Å². The molecular weight excluding hydrogens is 228 g/mol. The molecule has 0 N–H and O–H groups in total. The van der Waals surface area contributed by atoms with Gasteiger partial charge in [-0.25, -0.2) is 0 Å². The van der Waals surface area contributed by atoms with E-state index in [1.807, 2.05) is 12.1 Å². The predicted molar refractivity (Wildman–Crippen MR) is 73.8 cm³/mol. The van der Waals surface area contributed by atoms with Gasteiger partial charge in [-0.15, -0.1) is 11.3 Å². The molecule has 0 aliphatic heterocycles. The standard InChI is InChI=1S/C15H12OS/c1-16-13-8-7-12-9-14(17-15(12)10-13)11-5-3-2-4-6-11/h2-10H,1H3. The van der Waals surface area contributed by atoms with Crippen LogP contribution in [0.5, 0.6) is 5.75 Å². The van der Waals surface area contributed by atoms with Crippen LogP contribution in [0.1, 0.15) is 0 Å². The number of thiophene rings is 1. The van der Waals surface area contributed by atoms with Gasteiger partial charge in [-0.05, 0) is 35.2 Å². The summed E-state index contributed by atoms with van der Waals surface area (Å²) in [5.41, 5.74) is 1.27. The average Bonchev–Trinajstić information content (AvgIpc) is 2.82. The Hall–Kier alpha value is -1.80. The summed E-state index contributed by atoms with van der Waals surface area (Å²) in [6.45, 7) is 0. The molecule has 0 amide bonds. The summed E-state index contributed by atoms with van der Waals surface area (Å²) in [5, 5.41) is 1.27. The highest BCUT2D eigenvalue weighted by Crippen LogP contribution is 2.35. The lowest BCUT2D eigenvalue weighted by molar-refractivity contribution is 0.415. The van der Waals surface area contributed by atoms with Crippen molar-refractivity contribution in [3.63, 3.8) is 0 Å². The summed E-state index contributed by atoms with van der Waals surface area (Å²) in [6, 6.07) is 18.9. The molecule has 1 aromatic heterocycles. The normalized spacial score (nSPS) is 10.6. The maximum atomic E-state index is 5.24. The minimum atomic E-state index is 0.916. The Balaban J connectivity index is 2.14. The monoisotopic (exact) mass is 240 g/mol. The number of rotatable bonds is 2. The van der Waals surface area contributed by atoms with Crippen LogP contribution >= 0.6 is 11.3 Å². The van der Waals surface area contributed by atoms with E-state index in [0.29, 0.717) is 0 Å². The first-order chi connectivity index (χ1) is 8.36. The van der Waals surface area contributed by atoms with Gasteiger partial charge in [-0.2, -0.15) is 0 Å². The van der Waals surface area contributed by atoms with Crippen molar-refractivity contribution in [1.29, 1.82) is 0 Å². The molecule has 0 saturated heterocycles. The molecule has 2 heteroatoms. The van der Waals surface area contributed by atoms with Crippen molar-refractivity contribution in [2.24, 2.45) is 0 Å². The Morgan fingerprint density at radius 3 is 2.53 bits per heavy atom. The number of ether oxygens (including phenoxy) is 1. The lowest BCUT2D eigenvalue weighted by atomic mass is 10.1. The molecule has 0 saturated carbocycles. The second kappa shape index (κ2) is 4.22. The van der Waals surface area contributed by atoms with Crippen LogP contribution in [0.15, 0.2) is 54.6 Å². The van der Waals surface area contributed by atoms with Gasteiger partial charge in [-0.3, -0.25) is 0 Å². The first kappa shape index (κ1) is 10.4. The zero-order valence-electron chi connectivity index (χ0n) is 9.51. The van der Waals surface area contributed by atoms with E-state index in [1.165, 1.54) is 20.5 Å². The molecule has 3 aromatic rings. The first-order valence-corrected chi connectivity index (χ1v) is 6.31. The molecule has 0 spiro atoms. The number of fused-ring (bicyclic) bond motifs is 1. The quantitative estimate of drug-likeness (QED) is 0.637. The Kier molecular flexibility index (Phi) is 2.57. The van der Waals surface area contributed by atoms with E-state index in [9.17, 15) is 0 Å². The lowest BCUT2D eigenvalue weighted by Gasteiger charge is -1.97. The Morgan fingerprint density at radius 2 is 1.76 bits per heavy atom. The van der Waals surface area contributed by atoms with E-state index in [0.717, 1.165) is 5.75 Å². The zero-order chi connectivity index (χ0) is 11.7. The van der Waals surface area contributed by atoms with Crippen molar-refractivity contribution in [2.75, 3.05) is 7.11 Å². The Bertz CT molecular complexity index is 640. The summed E-state index contributed by atoms with van der Waals surface area (Å²) in [7, 11) is 1.70. The van der Waals surface area contributed by atoms with Crippen LogP contribution in [0.3, 0.4) is 0 Å². The third kappa shape index (κ3) is 1.92. The molecule has 2 aromatic carbocycles. The molecule has 0 unspecified atom stereocenters. The van der Waals surface area contributed by atoms with Crippen LogP contribution < -0.4 is 4.74 Å². The molecule has 1 nitrogen and oxygen atoms in total. The van der Waals surface area contributed by atoms with Crippen molar-refractivity contribution < 1.29 is 4.74 Å². The fourth-order valence-electron chi connectivity index (χ4n) is 1.88. The third-order valence-corrected chi connectivity index (χ3v) is 3.93. The van der Waals surface area contributed by atoms with Gasteiger partial charge in [0.15, 0.2) is 0 Å². The molecule has 0 aliphatic rings. The molecule has 17 heavy (non-hydrogen) atoms. The van der Waals surface area contributed by atoms with E-state index >= 15 is 0 Å². The summed E-state index contributed by atoms with van der Waals surface area (Å²) >= 11 is 1.80. The topological polar surface area (TPSA) is 9.23 Å². The molecule has 0 fully saturated rings. The summed E-state index contributed by atoms with van der Waals surface area (Å²) in [4.78, 5) is 1.30. The molecule has 84 valence electrons. The van der Waals surface area contributed by atoms with Crippen LogP contribution in [0, 0.1) is 0 Å². The fourth-order valence-corrected chi connectivity index (χ4v) is 2.98. The summed E-state index contributed by atoms with van der Waals surface area (Å²) in [6.07, 6.45) is 0. The SMILES string of the molecule is COc1ccc2cc(-c3ccccc3)sc2c1. The highest BCUT2D eigenvalue weighted by atomic mass is 32.1. The van der Waals surface area contributed by atoms with Gasteiger partial charge < -0.3 is 4.74 Å². The van der Waals surface area contributed by atoms with Crippen LogP contribution in [-0.4, -0.2) is 7.11 Å². The highest BCUT2D eigenvalue weighted by Gasteiger charge is 2.04. The predicted octanol–water partition coefficient (Wildman–Crippen LogP) is 4.58. The minimum Gasteiger partial charge on any atom is -0.497 e. The van der Waals surface area contributed by atoms with Gasteiger partial charge in [0.2, 0.25) is 0 Å². The summed E-state index contributed by atoms with van der Waals surface area (Å²) < 4.78 is 6.51. The fraction of sp³-hybridized carbons (Fsp3) is 0.0667. The smallest absolute Gasteiger partial charge is 0.120 e. The molecule has 0 radical (unpaired) electrons. The van der Waals surface area contributed by atoms with Gasteiger partial charge in [0.05, 0.1) is 7.11 Å². The van der Waals surface area contributed by atoms with Crippen molar-refractivity contribution in [1.82, 2.24) is 0 Å². The van der Waals surface area contributed by atoms with Crippen LogP contribution in [0.4, 0.5) is 0 Å². The van der Waals surface area contributed by atoms with Gasteiger partial charge >= 0.3 is 0 Å². The van der Waals surface area contributed by atoms with Crippen molar-refractivity contribution in [2.45, 2.75) is 0 Å². The zero-order valence-corrected chi connectivity index (χ0v) is 10.3.